The lowest BCUT2D eigenvalue weighted by molar-refractivity contribution is 0.0572. The quantitative estimate of drug-likeness (QED) is 0.941. The van der Waals surface area contributed by atoms with Crippen LogP contribution in [0, 0.1) is 0 Å². The van der Waals surface area contributed by atoms with Crippen LogP contribution in [0.2, 0.25) is 0 Å². The van der Waals surface area contributed by atoms with Gasteiger partial charge in [-0.3, -0.25) is 4.90 Å². The molecule has 4 rings (SSSR count). The van der Waals surface area contributed by atoms with Crippen molar-refractivity contribution in [3.05, 3.63) is 59.7 Å². The van der Waals surface area contributed by atoms with Gasteiger partial charge in [-0.25, -0.2) is 0 Å². The summed E-state index contributed by atoms with van der Waals surface area (Å²) >= 11 is 0. The Balaban J connectivity index is 1.42. The predicted octanol–water partition coefficient (Wildman–Crippen LogP) is 2.48. The van der Waals surface area contributed by atoms with Gasteiger partial charge >= 0.3 is 0 Å². The monoisotopic (exact) mass is 324 g/mol. The summed E-state index contributed by atoms with van der Waals surface area (Å²) in [4.78, 5) is 4.84. The molecule has 0 bridgehead atoms. The second-order valence-corrected chi connectivity index (χ2v) is 6.64. The molecule has 4 heteroatoms. The van der Waals surface area contributed by atoms with E-state index >= 15 is 0 Å². The number of ether oxygens (including phenoxy) is 1. The number of benzene rings is 2. The number of nitrogens with zero attached hydrogens (tertiary/aromatic N) is 2. The lowest BCUT2D eigenvalue weighted by atomic mass is 10.1. The van der Waals surface area contributed by atoms with Gasteiger partial charge in [0.25, 0.3) is 0 Å². The van der Waals surface area contributed by atoms with Crippen molar-refractivity contribution >= 4 is 5.69 Å². The molecular formula is C20H24N2O2. The topological polar surface area (TPSA) is 35.9 Å². The van der Waals surface area contributed by atoms with Crippen molar-refractivity contribution in [2.24, 2.45) is 0 Å². The van der Waals surface area contributed by atoms with Gasteiger partial charge in [-0.05, 0) is 29.7 Å². The Kier molecular flexibility index (Phi) is 4.17. The highest BCUT2D eigenvalue weighted by Crippen LogP contribution is 2.35. The minimum atomic E-state index is -0.357. The average Bonchev–Trinajstić information content (AvgIpc) is 2.99. The van der Waals surface area contributed by atoms with Crippen LogP contribution in [0.15, 0.2) is 48.5 Å². The molecule has 0 aromatic heterocycles. The van der Waals surface area contributed by atoms with E-state index in [1.54, 1.807) is 7.11 Å². The molecule has 126 valence electrons. The zero-order chi connectivity index (χ0) is 16.5. The third-order valence-electron chi connectivity index (χ3n) is 5.37. The van der Waals surface area contributed by atoms with Crippen LogP contribution >= 0.6 is 0 Å². The number of methoxy groups -OCH3 is 1. The zero-order valence-electron chi connectivity index (χ0n) is 14.1. The van der Waals surface area contributed by atoms with Crippen LogP contribution < -0.4 is 9.64 Å². The molecule has 2 atom stereocenters. The van der Waals surface area contributed by atoms with E-state index in [9.17, 15) is 5.11 Å². The van der Waals surface area contributed by atoms with Crippen LogP contribution in [-0.4, -0.2) is 49.3 Å². The molecule has 0 amide bonds. The summed E-state index contributed by atoms with van der Waals surface area (Å²) in [5.74, 6) is 0.900. The molecule has 2 aromatic carbocycles. The van der Waals surface area contributed by atoms with Crippen molar-refractivity contribution in [3.8, 4) is 5.75 Å². The van der Waals surface area contributed by atoms with E-state index in [0.29, 0.717) is 0 Å². The minimum Gasteiger partial charge on any atom is -0.497 e. The summed E-state index contributed by atoms with van der Waals surface area (Å²) in [6, 6.07) is 16.8. The van der Waals surface area contributed by atoms with Gasteiger partial charge in [0, 0.05) is 44.0 Å². The van der Waals surface area contributed by atoms with Crippen LogP contribution in [0.5, 0.6) is 5.75 Å². The molecule has 2 unspecified atom stereocenters. The van der Waals surface area contributed by atoms with Crippen molar-refractivity contribution in [1.29, 1.82) is 0 Å². The molecule has 1 heterocycles. The Morgan fingerprint density at radius 3 is 2.54 bits per heavy atom. The first-order valence-electron chi connectivity index (χ1n) is 8.65. The van der Waals surface area contributed by atoms with Gasteiger partial charge in [-0.15, -0.1) is 0 Å². The van der Waals surface area contributed by atoms with Crippen molar-refractivity contribution in [3.63, 3.8) is 0 Å². The number of piperazine rings is 1. The maximum absolute atomic E-state index is 10.7. The highest BCUT2D eigenvalue weighted by atomic mass is 16.5. The standard InChI is InChI=1S/C20H24N2O2/c1-24-17-7-4-6-16(14-17)21-9-11-22(12-10-21)19-13-15-5-2-3-8-18(15)20(19)23/h2-8,14,19-20,23H,9-13H2,1H3. The van der Waals surface area contributed by atoms with E-state index in [-0.39, 0.29) is 12.1 Å². The fourth-order valence-electron chi connectivity index (χ4n) is 4.00. The van der Waals surface area contributed by atoms with Gasteiger partial charge in [0.2, 0.25) is 0 Å². The van der Waals surface area contributed by atoms with Gasteiger partial charge in [0.1, 0.15) is 5.75 Å². The number of rotatable bonds is 3. The molecular weight excluding hydrogens is 300 g/mol. The molecule has 1 aliphatic heterocycles. The number of fused-ring (bicyclic) bond motifs is 1. The van der Waals surface area contributed by atoms with Crippen molar-refractivity contribution in [2.75, 3.05) is 38.2 Å². The average molecular weight is 324 g/mol. The van der Waals surface area contributed by atoms with Gasteiger partial charge in [-0.2, -0.15) is 0 Å². The third-order valence-corrected chi connectivity index (χ3v) is 5.37. The van der Waals surface area contributed by atoms with E-state index in [0.717, 1.165) is 43.9 Å². The Bertz CT molecular complexity index is 710. The fourth-order valence-corrected chi connectivity index (χ4v) is 4.00. The van der Waals surface area contributed by atoms with Gasteiger partial charge in [0.15, 0.2) is 0 Å². The first kappa shape index (κ1) is 15.5. The number of hydrogen-bond donors (Lipinski definition) is 1. The maximum atomic E-state index is 10.7. The van der Waals surface area contributed by atoms with Crippen LogP contribution in [0.4, 0.5) is 5.69 Å². The zero-order valence-corrected chi connectivity index (χ0v) is 14.1. The lowest BCUT2D eigenvalue weighted by Crippen LogP contribution is -2.51. The smallest absolute Gasteiger partial charge is 0.120 e. The fraction of sp³-hybridized carbons (Fsp3) is 0.400. The van der Waals surface area contributed by atoms with Crippen LogP contribution in [0.25, 0.3) is 0 Å². The molecule has 0 radical (unpaired) electrons. The number of hydrogen-bond acceptors (Lipinski definition) is 4. The van der Waals surface area contributed by atoms with E-state index in [1.807, 2.05) is 18.2 Å². The second-order valence-electron chi connectivity index (χ2n) is 6.64. The first-order chi connectivity index (χ1) is 11.8. The van der Waals surface area contributed by atoms with Crippen molar-refractivity contribution in [1.82, 2.24) is 4.90 Å². The van der Waals surface area contributed by atoms with E-state index < -0.39 is 0 Å². The number of anilines is 1. The summed E-state index contributed by atoms with van der Waals surface area (Å²) in [6.07, 6.45) is 0.598. The lowest BCUT2D eigenvalue weighted by Gasteiger charge is -2.40. The predicted molar refractivity (Wildman–Crippen MR) is 95.7 cm³/mol. The molecule has 1 N–H and O–H groups in total. The number of aliphatic hydroxyl groups is 1. The molecule has 4 nitrogen and oxygen atoms in total. The highest BCUT2D eigenvalue weighted by molar-refractivity contribution is 5.51. The van der Waals surface area contributed by atoms with Crippen LogP contribution in [-0.2, 0) is 6.42 Å². The summed E-state index contributed by atoms with van der Waals surface area (Å²) in [5, 5.41) is 10.7. The normalized spacial score (nSPS) is 24.0. The van der Waals surface area contributed by atoms with Crippen LogP contribution in [0.3, 0.4) is 0 Å². The second kappa shape index (κ2) is 6.46. The van der Waals surface area contributed by atoms with Crippen molar-refractivity contribution in [2.45, 2.75) is 18.6 Å². The Morgan fingerprint density at radius 2 is 1.79 bits per heavy atom. The molecule has 0 spiro atoms. The summed E-state index contributed by atoms with van der Waals surface area (Å²) in [6.45, 7) is 3.92. The molecule has 1 aliphatic carbocycles. The molecule has 2 aliphatic rings. The van der Waals surface area contributed by atoms with Crippen LogP contribution in [0.1, 0.15) is 17.2 Å². The van der Waals surface area contributed by atoms with Gasteiger partial charge in [0.05, 0.1) is 13.2 Å². The third kappa shape index (κ3) is 2.76. The molecule has 1 fully saturated rings. The summed E-state index contributed by atoms with van der Waals surface area (Å²) < 4.78 is 5.33. The largest absolute Gasteiger partial charge is 0.497 e. The summed E-state index contributed by atoms with van der Waals surface area (Å²) in [7, 11) is 1.70. The SMILES string of the molecule is COc1cccc(N2CCN(C3Cc4ccccc4C3O)CC2)c1. The summed E-state index contributed by atoms with van der Waals surface area (Å²) in [5.41, 5.74) is 3.62. The van der Waals surface area contributed by atoms with Crippen molar-refractivity contribution < 1.29 is 9.84 Å². The minimum absolute atomic E-state index is 0.217. The Morgan fingerprint density at radius 1 is 1.00 bits per heavy atom. The first-order valence-corrected chi connectivity index (χ1v) is 8.65. The van der Waals surface area contributed by atoms with Gasteiger partial charge in [-0.1, -0.05) is 30.3 Å². The molecule has 1 saturated heterocycles. The highest BCUT2D eigenvalue weighted by Gasteiger charge is 2.36. The Hall–Kier alpha value is -2.04. The van der Waals surface area contributed by atoms with Gasteiger partial charge < -0.3 is 14.7 Å². The molecule has 0 saturated carbocycles. The van der Waals surface area contributed by atoms with E-state index in [4.69, 9.17) is 4.74 Å². The van der Waals surface area contributed by atoms with E-state index in [1.165, 1.54) is 11.3 Å². The van der Waals surface area contributed by atoms with E-state index in [2.05, 4.69) is 40.1 Å². The maximum Gasteiger partial charge on any atom is 0.120 e. The number of aliphatic hydroxyl groups excluding tert-OH is 1. The molecule has 2 aromatic rings. The molecule has 24 heavy (non-hydrogen) atoms. The Labute approximate surface area is 143 Å².